The van der Waals surface area contributed by atoms with Crippen LogP contribution in [-0.2, 0) is 11.8 Å². The predicted octanol–water partition coefficient (Wildman–Crippen LogP) is 3.24. The number of piperidine rings is 1. The molecule has 1 spiro atoms. The lowest BCUT2D eigenvalue weighted by atomic mass is 9.51. The number of aromatic hydroxyl groups is 1. The lowest BCUT2D eigenvalue weighted by Gasteiger charge is -2.64. The average molecular weight is 327 g/mol. The number of quaternary nitrogens is 1. The van der Waals surface area contributed by atoms with Gasteiger partial charge in [0, 0.05) is 30.2 Å². The Bertz CT molecular complexity index is 730. The minimum Gasteiger partial charge on any atom is -0.633 e. The number of benzene rings is 1. The standard InChI is InChI=1S/C20H25NO3/c22-16-7-6-13-10-15-14-2-1-3-17-20(14,18(13)19(16)24-17)8-9-21(15,23)11-12-4-5-12/h6-7,12,14-15,17,22H,1-5,8-11H2/t14-,15+,17-,20+,21?/m0/s1. The van der Waals surface area contributed by atoms with Gasteiger partial charge in [-0.25, -0.2) is 0 Å². The van der Waals surface area contributed by atoms with E-state index in [1.54, 1.807) is 6.07 Å². The first-order valence-corrected chi connectivity index (χ1v) is 9.71. The van der Waals surface area contributed by atoms with Crippen molar-refractivity contribution in [3.63, 3.8) is 0 Å². The van der Waals surface area contributed by atoms with Crippen LogP contribution in [0.1, 0.15) is 49.7 Å². The van der Waals surface area contributed by atoms with Crippen LogP contribution in [0.15, 0.2) is 12.1 Å². The van der Waals surface area contributed by atoms with E-state index in [2.05, 4.69) is 6.07 Å². The molecule has 5 atom stereocenters. The fraction of sp³-hybridized carbons (Fsp3) is 0.700. The maximum Gasteiger partial charge on any atom is 0.165 e. The van der Waals surface area contributed by atoms with Crippen LogP contribution < -0.4 is 4.74 Å². The predicted molar refractivity (Wildman–Crippen MR) is 89.7 cm³/mol. The Balaban J connectivity index is 1.54. The molecule has 0 radical (unpaired) electrons. The SMILES string of the molecule is [O-][N+]1(CC2CC2)CC[C@]23c4c5ccc(O)c4O[C@H]2CCC[C@H]3[C@H]1C5. The third kappa shape index (κ3) is 1.53. The van der Waals surface area contributed by atoms with Gasteiger partial charge >= 0.3 is 0 Å². The molecule has 6 rings (SSSR count). The lowest BCUT2D eigenvalue weighted by molar-refractivity contribution is -0.919. The number of phenolic OH excluding ortho intramolecular Hbond substituents is 1. The number of hydroxylamine groups is 3. The smallest absolute Gasteiger partial charge is 0.165 e. The number of likely N-dealkylation sites (tertiary alicyclic amines) is 1. The number of phenols is 1. The highest BCUT2D eigenvalue weighted by atomic mass is 16.5. The van der Waals surface area contributed by atoms with Gasteiger partial charge in [-0.3, -0.25) is 0 Å². The Kier molecular flexibility index (Phi) is 2.49. The molecule has 128 valence electrons. The minimum atomic E-state index is 0.0142. The third-order valence-corrected chi connectivity index (χ3v) is 7.83. The van der Waals surface area contributed by atoms with E-state index in [-0.39, 0.29) is 22.2 Å². The summed E-state index contributed by atoms with van der Waals surface area (Å²) >= 11 is 0. The molecule has 1 unspecified atom stereocenters. The summed E-state index contributed by atoms with van der Waals surface area (Å²) in [5.41, 5.74) is 2.58. The average Bonchev–Trinajstić information content (AvgIpc) is 3.30. The van der Waals surface area contributed by atoms with Crippen LogP contribution in [0, 0.1) is 17.0 Å². The molecular formula is C20H25NO3. The Hall–Kier alpha value is -1.26. The van der Waals surface area contributed by atoms with Crippen LogP contribution in [0.3, 0.4) is 0 Å². The molecule has 2 heterocycles. The number of ether oxygens (including phenoxy) is 1. The number of nitrogens with zero attached hydrogens (tertiary/aromatic N) is 1. The van der Waals surface area contributed by atoms with Crippen LogP contribution in [0.2, 0.25) is 0 Å². The highest BCUT2D eigenvalue weighted by Crippen LogP contribution is 2.64. The highest BCUT2D eigenvalue weighted by Gasteiger charge is 2.66. The van der Waals surface area contributed by atoms with Crippen LogP contribution in [-0.4, -0.2) is 35.0 Å². The van der Waals surface area contributed by atoms with Crippen LogP contribution in [0.25, 0.3) is 0 Å². The van der Waals surface area contributed by atoms with Crippen molar-refractivity contribution in [1.82, 2.24) is 0 Å². The van der Waals surface area contributed by atoms with Gasteiger partial charge in [0.05, 0.1) is 24.5 Å². The largest absolute Gasteiger partial charge is 0.633 e. The molecule has 4 heteroatoms. The van der Waals surface area contributed by atoms with Crippen LogP contribution in [0.5, 0.6) is 11.5 Å². The van der Waals surface area contributed by atoms with Gasteiger partial charge in [-0.05, 0) is 43.7 Å². The Morgan fingerprint density at radius 1 is 1.25 bits per heavy atom. The molecular weight excluding hydrogens is 302 g/mol. The zero-order valence-corrected chi connectivity index (χ0v) is 14.0. The number of rotatable bonds is 2. The van der Waals surface area contributed by atoms with Crippen molar-refractivity contribution in [2.24, 2.45) is 11.8 Å². The van der Waals surface area contributed by atoms with Gasteiger partial charge in [0.2, 0.25) is 0 Å². The van der Waals surface area contributed by atoms with Crippen molar-refractivity contribution in [3.8, 4) is 11.5 Å². The Morgan fingerprint density at radius 2 is 2.12 bits per heavy atom. The summed E-state index contributed by atoms with van der Waals surface area (Å²) in [5, 5.41) is 24.2. The second-order valence-corrected chi connectivity index (χ2v) is 8.96. The first-order valence-electron chi connectivity index (χ1n) is 9.71. The van der Waals surface area contributed by atoms with E-state index >= 15 is 0 Å². The van der Waals surface area contributed by atoms with Gasteiger partial charge < -0.3 is 19.7 Å². The summed E-state index contributed by atoms with van der Waals surface area (Å²) in [6, 6.07) is 4.04. The van der Waals surface area contributed by atoms with E-state index < -0.39 is 0 Å². The second-order valence-electron chi connectivity index (χ2n) is 8.96. The molecule has 3 aliphatic carbocycles. The van der Waals surface area contributed by atoms with E-state index in [1.807, 2.05) is 0 Å². The Morgan fingerprint density at radius 3 is 2.96 bits per heavy atom. The summed E-state index contributed by atoms with van der Waals surface area (Å²) in [6.45, 7) is 1.58. The van der Waals surface area contributed by atoms with E-state index in [0.717, 1.165) is 50.9 Å². The molecule has 4 nitrogen and oxygen atoms in total. The van der Waals surface area contributed by atoms with Gasteiger partial charge in [-0.2, -0.15) is 0 Å². The van der Waals surface area contributed by atoms with E-state index in [0.29, 0.717) is 17.6 Å². The molecule has 0 aromatic heterocycles. The fourth-order valence-electron chi connectivity index (χ4n) is 6.72. The lowest BCUT2D eigenvalue weighted by Crippen LogP contribution is -2.70. The number of hydrogen-bond acceptors (Lipinski definition) is 3. The fourth-order valence-corrected chi connectivity index (χ4v) is 6.72. The molecule has 5 aliphatic rings. The van der Waals surface area contributed by atoms with Crippen molar-refractivity contribution >= 4 is 0 Å². The van der Waals surface area contributed by atoms with Crippen molar-refractivity contribution in [3.05, 3.63) is 28.5 Å². The second kappa shape index (κ2) is 4.28. The molecule has 1 N–H and O–H groups in total. The summed E-state index contributed by atoms with van der Waals surface area (Å²) in [4.78, 5) is 0. The van der Waals surface area contributed by atoms with Gasteiger partial charge in [0.25, 0.3) is 0 Å². The third-order valence-electron chi connectivity index (χ3n) is 7.83. The van der Waals surface area contributed by atoms with E-state index in [4.69, 9.17) is 4.74 Å². The molecule has 2 saturated carbocycles. The zero-order valence-electron chi connectivity index (χ0n) is 14.0. The molecule has 1 aromatic carbocycles. The molecule has 2 aliphatic heterocycles. The topological polar surface area (TPSA) is 52.5 Å². The summed E-state index contributed by atoms with van der Waals surface area (Å²) in [5.74, 6) is 2.15. The summed E-state index contributed by atoms with van der Waals surface area (Å²) in [6.07, 6.45) is 7.89. The van der Waals surface area contributed by atoms with Gasteiger partial charge in [-0.1, -0.05) is 6.07 Å². The highest BCUT2D eigenvalue weighted by molar-refractivity contribution is 5.60. The minimum absolute atomic E-state index is 0.0142. The first kappa shape index (κ1) is 14.0. The molecule has 1 saturated heterocycles. The van der Waals surface area contributed by atoms with Crippen LogP contribution >= 0.6 is 0 Å². The quantitative estimate of drug-likeness (QED) is 0.670. The molecule has 2 bridgehead atoms. The van der Waals surface area contributed by atoms with Crippen LogP contribution in [0.4, 0.5) is 0 Å². The summed E-state index contributed by atoms with van der Waals surface area (Å²) in [7, 11) is 0. The maximum absolute atomic E-state index is 13.8. The van der Waals surface area contributed by atoms with Crippen molar-refractivity contribution < 1.29 is 14.5 Å². The monoisotopic (exact) mass is 327 g/mol. The van der Waals surface area contributed by atoms with Crippen molar-refractivity contribution in [2.45, 2.75) is 62.5 Å². The normalized spacial score (nSPS) is 44.8. The maximum atomic E-state index is 13.8. The molecule has 0 amide bonds. The molecule has 3 fully saturated rings. The molecule has 24 heavy (non-hydrogen) atoms. The first-order chi connectivity index (χ1) is 11.6. The van der Waals surface area contributed by atoms with E-state index in [1.165, 1.54) is 24.0 Å². The van der Waals surface area contributed by atoms with E-state index in [9.17, 15) is 10.3 Å². The van der Waals surface area contributed by atoms with Gasteiger partial charge in [-0.15, -0.1) is 0 Å². The van der Waals surface area contributed by atoms with Crippen molar-refractivity contribution in [1.29, 1.82) is 0 Å². The Labute approximate surface area is 142 Å². The summed E-state index contributed by atoms with van der Waals surface area (Å²) < 4.78 is 6.35. The molecule has 1 aromatic rings. The zero-order chi connectivity index (χ0) is 16.1. The van der Waals surface area contributed by atoms with Gasteiger partial charge in [0.1, 0.15) is 6.10 Å². The van der Waals surface area contributed by atoms with Crippen molar-refractivity contribution in [2.75, 3.05) is 13.1 Å². The van der Waals surface area contributed by atoms with Gasteiger partial charge in [0.15, 0.2) is 11.5 Å². The number of hydrogen-bond donors (Lipinski definition) is 1.